The topological polar surface area (TPSA) is 49.9 Å². The highest BCUT2D eigenvalue weighted by molar-refractivity contribution is 8.27. The number of hydrogen-bond donors (Lipinski definition) is 0. The molecule has 0 unspecified atom stereocenters. The lowest BCUT2D eigenvalue weighted by atomic mass is 10.1. The summed E-state index contributed by atoms with van der Waals surface area (Å²) in [4.78, 5) is 29.7. The average Bonchev–Trinajstić information content (AvgIpc) is 3.13. The molecular weight excluding hydrogens is 380 g/mol. The smallest absolute Gasteiger partial charge is 0.271 e. The fourth-order valence-electron chi connectivity index (χ4n) is 3.29. The third-order valence-corrected chi connectivity index (χ3v) is 5.94. The molecule has 0 radical (unpaired) electrons. The highest BCUT2D eigenvalue weighted by Crippen LogP contribution is 2.45. The van der Waals surface area contributed by atoms with Gasteiger partial charge >= 0.3 is 0 Å². The van der Waals surface area contributed by atoms with Crippen LogP contribution in [0.15, 0.2) is 53.4 Å². The van der Waals surface area contributed by atoms with Gasteiger partial charge in [0.15, 0.2) is 4.32 Å². The lowest BCUT2D eigenvalue weighted by Gasteiger charge is -2.15. The number of thioether (sulfide) groups is 1. The van der Waals surface area contributed by atoms with Gasteiger partial charge in [-0.2, -0.15) is 0 Å². The number of carbonyl (C=O) groups excluding carboxylic acids is 2. The Morgan fingerprint density at radius 3 is 2.41 bits per heavy atom. The summed E-state index contributed by atoms with van der Waals surface area (Å²) in [6.45, 7) is 2.46. The summed E-state index contributed by atoms with van der Waals surface area (Å²) in [5.41, 5.74) is 2.69. The van der Waals surface area contributed by atoms with E-state index < -0.39 is 0 Å². The number of fused-ring (bicyclic) bond motifs is 1. The van der Waals surface area contributed by atoms with Gasteiger partial charge in [-0.1, -0.05) is 42.2 Å². The van der Waals surface area contributed by atoms with Gasteiger partial charge in [-0.15, -0.1) is 0 Å². The number of ether oxygens (including phenoxy) is 1. The summed E-state index contributed by atoms with van der Waals surface area (Å²) in [7, 11) is 1.58. The van der Waals surface area contributed by atoms with Crippen LogP contribution in [0.3, 0.4) is 0 Å². The number of carbonyl (C=O) groups is 2. The minimum atomic E-state index is -0.272. The summed E-state index contributed by atoms with van der Waals surface area (Å²) >= 11 is 6.62. The van der Waals surface area contributed by atoms with E-state index in [-0.39, 0.29) is 11.8 Å². The molecule has 0 aromatic heterocycles. The fourth-order valence-corrected chi connectivity index (χ4v) is 4.66. The van der Waals surface area contributed by atoms with Crippen molar-refractivity contribution in [2.45, 2.75) is 6.92 Å². The number of anilines is 2. The predicted octanol–water partition coefficient (Wildman–Crippen LogP) is 3.84. The molecule has 4 rings (SSSR count). The van der Waals surface area contributed by atoms with Gasteiger partial charge in [0.05, 0.1) is 29.0 Å². The molecule has 0 atom stereocenters. The third-order valence-electron chi connectivity index (χ3n) is 4.57. The van der Waals surface area contributed by atoms with E-state index in [0.29, 0.717) is 32.8 Å². The van der Waals surface area contributed by atoms with Gasteiger partial charge in [-0.3, -0.25) is 14.5 Å². The molecule has 2 aliphatic heterocycles. The second-order valence-corrected chi connectivity index (χ2v) is 7.62. The van der Waals surface area contributed by atoms with Crippen LogP contribution in [-0.2, 0) is 9.59 Å². The van der Waals surface area contributed by atoms with E-state index in [1.54, 1.807) is 36.3 Å². The Bertz CT molecular complexity index is 999. The van der Waals surface area contributed by atoms with Crippen molar-refractivity contribution < 1.29 is 14.3 Å². The Hall–Kier alpha value is -2.64. The molecule has 0 bridgehead atoms. The molecule has 1 fully saturated rings. The Morgan fingerprint density at radius 1 is 1.04 bits per heavy atom. The van der Waals surface area contributed by atoms with Crippen molar-refractivity contribution in [1.82, 2.24) is 0 Å². The van der Waals surface area contributed by atoms with Crippen LogP contribution in [0.2, 0.25) is 0 Å². The van der Waals surface area contributed by atoms with Crippen LogP contribution in [0, 0.1) is 0 Å². The van der Waals surface area contributed by atoms with Crippen LogP contribution in [0.25, 0.3) is 5.57 Å². The van der Waals surface area contributed by atoms with Gasteiger partial charge in [-0.25, -0.2) is 0 Å². The highest BCUT2D eigenvalue weighted by atomic mass is 32.2. The van der Waals surface area contributed by atoms with Crippen LogP contribution in [0.4, 0.5) is 11.4 Å². The number of para-hydroxylation sites is 1. The minimum Gasteiger partial charge on any atom is -0.497 e. The molecule has 2 aromatic rings. The molecular formula is C20H16N2O3S2. The molecule has 7 heteroatoms. The van der Waals surface area contributed by atoms with Crippen molar-refractivity contribution in [1.29, 1.82) is 0 Å². The minimum absolute atomic E-state index is 0.158. The summed E-state index contributed by atoms with van der Waals surface area (Å²) in [5, 5.41) is 0. The zero-order valence-corrected chi connectivity index (χ0v) is 16.4. The van der Waals surface area contributed by atoms with Crippen molar-refractivity contribution in [3.63, 3.8) is 0 Å². The van der Waals surface area contributed by atoms with Crippen molar-refractivity contribution in [3.05, 3.63) is 59.0 Å². The number of amides is 2. The summed E-state index contributed by atoms with van der Waals surface area (Å²) in [6, 6.07) is 14.6. The van der Waals surface area contributed by atoms with E-state index in [1.807, 2.05) is 31.2 Å². The normalized spacial score (nSPS) is 19.1. The van der Waals surface area contributed by atoms with Crippen molar-refractivity contribution in [2.24, 2.45) is 0 Å². The van der Waals surface area contributed by atoms with Gasteiger partial charge < -0.3 is 9.64 Å². The van der Waals surface area contributed by atoms with E-state index in [0.717, 1.165) is 11.3 Å². The van der Waals surface area contributed by atoms with Gasteiger partial charge in [-0.05, 0) is 37.3 Å². The van der Waals surface area contributed by atoms with Crippen molar-refractivity contribution in [2.75, 3.05) is 23.5 Å². The molecule has 1 saturated heterocycles. The third kappa shape index (κ3) is 2.74. The monoisotopic (exact) mass is 396 g/mol. The van der Waals surface area contributed by atoms with Gasteiger partial charge in [0, 0.05) is 12.1 Å². The maximum absolute atomic E-state index is 13.2. The molecule has 2 aromatic carbocycles. The molecule has 136 valence electrons. The first-order valence-electron chi connectivity index (χ1n) is 8.42. The molecule has 0 spiro atoms. The van der Waals surface area contributed by atoms with E-state index >= 15 is 0 Å². The van der Waals surface area contributed by atoms with Crippen molar-refractivity contribution >= 4 is 57.1 Å². The highest BCUT2D eigenvalue weighted by Gasteiger charge is 2.42. The first-order chi connectivity index (χ1) is 13.1. The first-order valence-corrected chi connectivity index (χ1v) is 9.65. The quantitative estimate of drug-likeness (QED) is 0.583. The molecule has 27 heavy (non-hydrogen) atoms. The lowest BCUT2D eigenvalue weighted by Crippen LogP contribution is -2.29. The number of methoxy groups -OCH3 is 1. The fraction of sp³-hybridized carbons (Fsp3) is 0.150. The molecule has 2 amide bonds. The second kappa shape index (κ2) is 6.83. The van der Waals surface area contributed by atoms with Gasteiger partial charge in [0.2, 0.25) is 0 Å². The molecule has 0 saturated carbocycles. The van der Waals surface area contributed by atoms with Crippen LogP contribution < -0.4 is 14.5 Å². The number of thiocarbonyl (C=S) groups is 1. The van der Waals surface area contributed by atoms with Crippen LogP contribution >= 0.6 is 24.0 Å². The maximum atomic E-state index is 13.2. The predicted molar refractivity (Wildman–Crippen MR) is 112 cm³/mol. The molecule has 0 N–H and O–H groups in total. The van der Waals surface area contributed by atoms with E-state index in [1.165, 1.54) is 16.7 Å². The Kier molecular flexibility index (Phi) is 4.49. The van der Waals surface area contributed by atoms with E-state index in [4.69, 9.17) is 17.0 Å². The molecule has 2 heterocycles. The van der Waals surface area contributed by atoms with Crippen molar-refractivity contribution in [3.8, 4) is 5.75 Å². The van der Waals surface area contributed by atoms with Crippen LogP contribution in [0.5, 0.6) is 5.75 Å². The Balaban J connectivity index is 1.80. The lowest BCUT2D eigenvalue weighted by molar-refractivity contribution is -0.115. The maximum Gasteiger partial charge on any atom is 0.271 e. The molecule has 2 aliphatic rings. The largest absolute Gasteiger partial charge is 0.497 e. The number of likely N-dealkylation sites (N-methyl/N-ethyl adjacent to an activating group) is 1. The van der Waals surface area contributed by atoms with Crippen LogP contribution in [0.1, 0.15) is 12.5 Å². The zero-order valence-electron chi connectivity index (χ0n) is 14.8. The molecule has 5 nitrogen and oxygen atoms in total. The van der Waals surface area contributed by atoms with E-state index in [2.05, 4.69) is 0 Å². The zero-order chi connectivity index (χ0) is 19.1. The Morgan fingerprint density at radius 2 is 1.74 bits per heavy atom. The number of hydrogen-bond acceptors (Lipinski definition) is 5. The second-order valence-electron chi connectivity index (χ2n) is 5.98. The number of rotatable bonds is 3. The first kappa shape index (κ1) is 17.8. The number of nitrogens with zero attached hydrogens (tertiary/aromatic N) is 2. The van der Waals surface area contributed by atoms with Gasteiger partial charge in [0.25, 0.3) is 11.8 Å². The standard InChI is InChI=1S/C20H16N2O3S2/c1-3-21-15-7-5-4-6-14(15)16(18(21)23)17-19(24)22(20(26)27-17)12-8-10-13(25-2)11-9-12/h4-11H,3H2,1-2H3/b17-16-. The summed E-state index contributed by atoms with van der Waals surface area (Å²) in [5.74, 6) is 0.265. The molecule has 0 aliphatic carbocycles. The van der Waals surface area contributed by atoms with Crippen LogP contribution in [-0.4, -0.2) is 29.8 Å². The summed E-state index contributed by atoms with van der Waals surface area (Å²) in [6.07, 6.45) is 0. The van der Waals surface area contributed by atoms with Gasteiger partial charge in [0.1, 0.15) is 5.75 Å². The summed E-state index contributed by atoms with van der Waals surface area (Å²) < 4.78 is 5.57. The Labute approximate surface area is 166 Å². The van der Waals surface area contributed by atoms with E-state index in [9.17, 15) is 9.59 Å². The average molecular weight is 396 g/mol. The SMILES string of the molecule is CCN1C(=O)/C(=C2\SC(=S)N(c3ccc(OC)cc3)C2=O)c2ccccc21. The number of benzene rings is 2.